The number of carbonyl (C=O) groups is 2. The van der Waals surface area contributed by atoms with Crippen LogP contribution in [0.2, 0.25) is 5.02 Å². The molecule has 0 aliphatic rings. The summed E-state index contributed by atoms with van der Waals surface area (Å²) in [7, 11) is 0. The van der Waals surface area contributed by atoms with Crippen molar-refractivity contribution in [1.29, 1.82) is 0 Å². The fraction of sp³-hybridized carbons (Fsp3) is 0.118. The largest absolute Gasteiger partial charge is 0.351 e. The normalized spacial score (nSPS) is 10.5. The number of amides is 2. The molecule has 26 heavy (non-hydrogen) atoms. The molecule has 0 radical (unpaired) electrons. The number of hydrogen-bond donors (Lipinski definition) is 2. The Hall–Kier alpha value is -3.26. The lowest BCUT2D eigenvalue weighted by atomic mass is 10.2. The Morgan fingerprint density at radius 2 is 1.96 bits per heavy atom. The number of nitro groups is 1. The Morgan fingerprint density at radius 3 is 2.69 bits per heavy atom. The van der Waals surface area contributed by atoms with Crippen molar-refractivity contribution < 1.29 is 14.5 Å². The minimum Gasteiger partial charge on any atom is -0.351 e. The van der Waals surface area contributed by atoms with E-state index in [1.54, 1.807) is 30.3 Å². The number of non-ortho nitro benzene ring substituents is 1. The number of carbonyl (C=O) groups excluding carboxylic acids is 2. The van der Waals surface area contributed by atoms with E-state index in [-0.39, 0.29) is 24.6 Å². The molecule has 134 valence electrons. The number of benzene rings is 2. The molecule has 2 N–H and O–H groups in total. The number of nitro benzene ring substituents is 1. The number of hydrogen-bond acceptors (Lipinski definition) is 5. The third-order valence-electron chi connectivity index (χ3n) is 3.24. The van der Waals surface area contributed by atoms with Gasteiger partial charge in [-0.05, 0) is 12.1 Å². The first kappa shape index (κ1) is 19.1. The van der Waals surface area contributed by atoms with E-state index >= 15 is 0 Å². The second-order valence-corrected chi connectivity index (χ2v) is 5.54. The van der Waals surface area contributed by atoms with E-state index in [0.717, 1.165) is 0 Å². The van der Waals surface area contributed by atoms with Crippen LogP contribution in [-0.4, -0.2) is 29.5 Å². The molecule has 0 atom stereocenters. The number of halogens is 1. The smallest absolute Gasteiger partial charge is 0.270 e. The number of hydrazone groups is 1. The molecule has 0 spiro atoms. The number of nitrogens with one attached hydrogen (secondary N) is 2. The van der Waals surface area contributed by atoms with Crippen LogP contribution < -0.4 is 10.7 Å². The van der Waals surface area contributed by atoms with Gasteiger partial charge in [0.25, 0.3) is 11.6 Å². The number of rotatable bonds is 7. The molecule has 0 aromatic heterocycles. The third kappa shape index (κ3) is 5.67. The van der Waals surface area contributed by atoms with E-state index in [1.807, 2.05) is 0 Å². The Morgan fingerprint density at radius 1 is 1.19 bits per heavy atom. The van der Waals surface area contributed by atoms with Gasteiger partial charge in [-0.25, -0.2) is 5.43 Å². The zero-order valence-electron chi connectivity index (χ0n) is 13.5. The van der Waals surface area contributed by atoms with Crippen molar-refractivity contribution in [1.82, 2.24) is 10.7 Å². The van der Waals surface area contributed by atoms with Crippen molar-refractivity contribution in [2.24, 2.45) is 5.10 Å². The van der Waals surface area contributed by atoms with Crippen LogP contribution >= 0.6 is 11.6 Å². The van der Waals surface area contributed by atoms with Crippen LogP contribution in [0.25, 0.3) is 0 Å². The molecule has 0 aliphatic carbocycles. The van der Waals surface area contributed by atoms with Gasteiger partial charge in [0.05, 0.1) is 21.7 Å². The fourth-order valence-corrected chi connectivity index (χ4v) is 2.21. The zero-order chi connectivity index (χ0) is 18.9. The highest BCUT2D eigenvalue weighted by Crippen LogP contribution is 2.14. The lowest BCUT2D eigenvalue weighted by molar-refractivity contribution is -0.384. The molecule has 9 heteroatoms. The number of nitrogens with zero attached hydrogens (tertiary/aromatic N) is 2. The molecular weight excluding hydrogens is 360 g/mol. The minimum atomic E-state index is -0.516. The van der Waals surface area contributed by atoms with Crippen molar-refractivity contribution in [3.8, 4) is 0 Å². The van der Waals surface area contributed by atoms with Crippen molar-refractivity contribution in [3.63, 3.8) is 0 Å². The summed E-state index contributed by atoms with van der Waals surface area (Å²) in [6.07, 6.45) is 1.32. The standard InChI is InChI=1S/C17H15ClN4O4/c18-15-7-2-1-6-14(15)17(24)19-9-8-16(23)21-20-11-12-4-3-5-13(10-12)22(25)26/h1-7,10-11H,8-9H2,(H,19,24)(H,21,23). The molecule has 0 unspecified atom stereocenters. The van der Waals surface area contributed by atoms with Crippen molar-refractivity contribution in [2.45, 2.75) is 6.42 Å². The second-order valence-electron chi connectivity index (χ2n) is 5.13. The molecule has 0 bridgehead atoms. The minimum absolute atomic E-state index is 0.0163. The predicted octanol–water partition coefficient (Wildman–Crippen LogP) is 2.52. The lowest BCUT2D eigenvalue weighted by Gasteiger charge is -2.06. The highest BCUT2D eigenvalue weighted by Gasteiger charge is 2.09. The van der Waals surface area contributed by atoms with Crippen LogP contribution in [0.4, 0.5) is 5.69 Å². The van der Waals surface area contributed by atoms with E-state index < -0.39 is 10.8 Å². The Balaban J connectivity index is 1.77. The van der Waals surface area contributed by atoms with E-state index in [9.17, 15) is 19.7 Å². The van der Waals surface area contributed by atoms with E-state index in [1.165, 1.54) is 24.4 Å². The van der Waals surface area contributed by atoms with Gasteiger partial charge >= 0.3 is 0 Å². The highest BCUT2D eigenvalue weighted by atomic mass is 35.5. The van der Waals surface area contributed by atoms with Crippen molar-refractivity contribution in [2.75, 3.05) is 6.54 Å². The third-order valence-corrected chi connectivity index (χ3v) is 3.57. The molecular formula is C17H15ClN4O4. The molecule has 0 heterocycles. The molecule has 2 aromatic carbocycles. The maximum atomic E-state index is 11.9. The zero-order valence-corrected chi connectivity index (χ0v) is 14.3. The van der Waals surface area contributed by atoms with Gasteiger partial charge in [0.1, 0.15) is 0 Å². The van der Waals surface area contributed by atoms with Gasteiger partial charge in [-0.3, -0.25) is 19.7 Å². The molecule has 8 nitrogen and oxygen atoms in total. The molecule has 0 saturated carbocycles. The van der Waals surface area contributed by atoms with Gasteiger partial charge < -0.3 is 5.32 Å². The average Bonchev–Trinajstić information content (AvgIpc) is 2.62. The molecule has 0 aliphatic heterocycles. The van der Waals surface area contributed by atoms with Gasteiger partial charge in [0.2, 0.25) is 5.91 Å². The maximum absolute atomic E-state index is 11.9. The Bertz CT molecular complexity index is 854. The summed E-state index contributed by atoms with van der Waals surface area (Å²) in [4.78, 5) is 33.8. The van der Waals surface area contributed by atoms with Crippen molar-refractivity contribution >= 4 is 35.3 Å². The molecule has 2 aromatic rings. The first-order valence-corrected chi connectivity index (χ1v) is 7.94. The first-order valence-electron chi connectivity index (χ1n) is 7.56. The van der Waals surface area contributed by atoms with Crippen LogP contribution in [0.1, 0.15) is 22.3 Å². The van der Waals surface area contributed by atoms with Crippen LogP contribution in [0.15, 0.2) is 53.6 Å². The monoisotopic (exact) mass is 374 g/mol. The average molecular weight is 375 g/mol. The highest BCUT2D eigenvalue weighted by molar-refractivity contribution is 6.33. The summed E-state index contributed by atoms with van der Waals surface area (Å²) in [5, 5.41) is 17.3. The summed E-state index contributed by atoms with van der Waals surface area (Å²) < 4.78 is 0. The Labute approximate surface area is 154 Å². The van der Waals surface area contributed by atoms with Crippen LogP contribution in [-0.2, 0) is 4.79 Å². The summed E-state index contributed by atoms with van der Waals surface area (Å²) >= 11 is 5.92. The lowest BCUT2D eigenvalue weighted by Crippen LogP contribution is -2.29. The topological polar surface area (TPSA) is 114 Å². The van der Waals surface area contributed by atoms with Crippen molar-refractivity contribution in [3.05, 3.63) is 74.8 Å². The fourth-order valence-electron chi connectivity index (χ4n) is 1.98. The van der Waals surface area contributed by atoms with Gasteiger partial charge in [-0.1, -0.05) is 35.9 Å². The van der Waals surface area contributed by atoms with Gasteiger partial charge in [-0.15, -0.1) is 0 Å². The van der Waals surface area contributed by atoms with Crippen LogP contribution in [0, 0.1) is 10.1 Å². The molecule has 0 saturated heterocycles. The molecule has 2 amide bonds. The van der Waals surface area contributed by atoms with E-state index in [0.29, 0.717) is 16.1 Å². The predicted molar refractivity (Wildman–Crippen MR) is 97.2 cm³/mol. The van der Waals surface area contributed by atoms with Gasteiger partial charge in [0.15, 0.2) is 0 Å². The van der Waals surface area contributed by atoms with Gasteiger partial charge in [-0.2, -0.15) is 5.10 Å². The maximum Gasteiger partial charge on any atom is 0.270 e. The van der Waals surface area contributed by atoms with E-state index in [4.69, 9.17) is 11.6 Å². The van der Waals surface area contributed by atoms with Gasteiger partial charge in [0, 0.05) is 30.7 Å². The summed E-state index contributed by atoms with van der Waals surface area (Å²) in [5.74, 6) is -0.783. The summed E-state index contributed by atoms with van der Waals surface area (Å²) in [6, 6.07) is 12.4. The van der Waals surface area contributed by atoms with Crippen LogP contribution in [0.3, 0.4) is 0 Å². The Kier molecular flexibility index (Phi) is 6.81. The van der Waals surface area contributed by atoms with Crippen LogP contribution in [0.5, 0.6) is 0 Å². The second kappa shape index (κ2) is 9.28. The first-order chi connectivity index (χ1) is 12.5. The van der Waals surface area contributed by atoms with E-state index in [2.05, 4.69) is 15.8 Å². The molecule has 2 rings (SSSR count). The molecule has 0 fully saturated rings. The quantitative estimate of drug-likeness (QED) is 0.440. The summed E-state index contributed by atoms with van der Waals surface area (Å²) in [6.45, 7) is 0.113. The summed E-state index contributed by atoms with van der Waals surface area (Å²) in [5.41, 5.74) is 3.03. The SMILES string of the molecule is O=C(CCNC(=O)c1ccccc1Cl)NN=Cc1cccc([N+](=O)[O-])c1.